The minimum Gasteiger partial charge on any atom is -0.495 e. The Labute approximate surface area is 136 Å². The van der Waals surface area contributed by atoms with Gasteiger partial charge in [-0.2, -0.15) is 0 Å². The average Bonchev–Trinajstić information content (AvgIpc) is 2.41. The first-order valence-electron chi connectivity index (χ1n) is 7.12. The maximum absolute atomic E-state index is 6.13. The monoisotopic (exact) mass is 320 g/mol. The quantitative estimate of drug-likeness (QED) is 0.859. The number of anilines is 3. The van der Waals surface area contributed by atoms with Crippen LogP contribution in [-0.2, 0) is 0 Å². The summed E-state index contributed by atoms with van der Waals surface area (Å²) < 4.78 is 5.37. The van der Waals surface area contributed by atoms with Crippen LogP contribution in [0.3, 0.4) is 0 Å². The third kappa shape index (κ3) is 4.01. The summed E-state index contributed by atoms with van der Waals surface area (Å²) in [6, 6.07) is 5.90. The van der Waals surface area contributed by atoms with Crippen LogP contribution in [0.5, 0.6) is 5.75 Å². The number of hydrogen-bond acceptors (Lipinski definition) is 5. The number of benzene rings is 1. The molecule has 0 atom stereocenters. The zero-order valence-corrected chi connectivity index (χ0v) is 14.2. The van der Waals surface area contributed by atoms with Crippen molar-refractivity contribution in [3.63, 3.8) is 0 Å². The number of methoxy groups -OCH3 is 1. The molecular formula is C16H21ClN4O. The Morgan fingerprint density at radius 2 is 1.77 bits per heavy atom. The van der Waals surface area contributed by atoms with E-state index in [4.69, 9.17) is 16.3 Å². The molecule has 1 aromatic carbocycles. The molecule has 0 spiro atoms. The van der Waals surface area contributed by atoms with E-state index in [0.717, 1.165) is 17.1 Å². The standard InChI is InChI=1S/C16H21ClN4O/c1-9(2)18-15-8-16(20-11(4)19-15)21-13-6-10(3)12(17)7-14(13)22-5/h6-9H,1-5H3,(H2,18,19,20,21). The van der Waals surface area contributed by atoms with Crippen molar-refractivity contribution in [1.82, 2.24) is 9.97 Å². The van der Waals surface area contributed by atoms with Gasteiger partial charge in [-0.25, -0.2) is 9.97 Å². The van der Waals surface area contributed by atoms with Crippen molar-refractivity contribution >= 4 is 28.9 Å². The largest absolute Gasteiger partial charge is 0.495 e. The molecule has 0 aliphatic heterocycles. The summed E-state index contributed by atoms with van der Waals surface area (Å²) in [6.07, 6.45) is 0. The zero-order valence-electron chi connectivity index (χ0n) is 13.5. The molecule has 0 bridgehead atoms. The van der Waals surface area contributed by atoms with Crippen molar-refractivity contribution in [1.29, 1.82) is 0 Å². The summed E-state index contributed by atoms with van der Waals surface area (Å²) in [4.78, 5) is 8.79. The van der Waals surface area contributed by atoms with Gasteiger partial charge in [0.05, 0.1) is 12.8 Å². The fraction of sp³-hybridized carbons (Fsp3) is 0.375. The molecule has 5 nitrogen and oxygen atoms in total. The predicted molar refractivity (Wildman–Crippen MR) is 91.6 cm³/mol. The normalized spacial score (nSPS) is 10.7. The summed E-state index contributed by atoms with van der Waals surface area (Å²) in [5.74, 6) is 2.85. The van der Waals surface area contributed by atoms with Gasteiger partial charge < -0.3 is 15.4 Å². The lowest BCUT2D eigenvalue weighted by atomic mass is 10.2. The Bertz CT molecular complexity index is 673. The van der Waals surface area contributed by atoms with Crippen molar-refractivity contribution in [3.05, 3.63) is 34.6 Å². The molecule has 0 fully saturated rings. The van der Waals surface area contributed by atoms with Gasteiger partial charge in [0.2, 0.25) is 0 Å². The molecular weight excluding hydrogens is 300 g/mol. The van der Waals surface area contributed by atoms with Gasteiger partial charge in [-0.15, -0.1) is 0 Å². The van der Waals surface area contributed by atoms with Crippen LogP contribution in [0.25, 0.3) is 0 Å². The topological polar surface area (TPSA) is 59.1 Å². The van der Waals surface area contributed by atoms with Crippen LogP contribution in [0, 0.1) is 13.8 Å². The molecule has 0 unspecified atom stereocenters. The summed E-state index contributed by atoms with van der Waals surface area (Å²) >= 11 is 6.13. The number of aryl methyl sites for hydroxylation is 2. The molecule has 0 radical (unpaired) electrons. The number of nitrogens with zero attached hydrogens (tertiary/aromatic N) is 2. The van der Waals surface area contributed by atoms with Crippen molar-refractivity contribution in [3.8, 4) is 5.75 Å². The smallest absolute Gasteiger partial charge is 0.143 e. The first kappa shape index (κ1) is 16.4. The van der Waals surface area contributed by atoms with Gasteiger partial charge in [-0.1, -0.05) is 11.6 Å². The second kappa shape index (κ2) is 6.83. The van der Waals surface area contributed by atoms with Crippen LogP contribution < -0.4 is 15.4 Å². The van der Waals surface area contributed by atoms with Crippen LogP contribution in [0.4, 0.5) is 17.3 Å². The molecule has 0 aliphatic rings. The number of aromatic nitrogens is 2. The lowest BCUT2D eigenvalue weighted by Crippen LogP contribution is -2.12. The Morgan fingerprint density at radius 1 is 1.09 bits per heavy atom. The lowest BCUT2D eigenvalue weighted by molar-refractivity contribution is 0.416. The van der Waals surface area contributed by atoms with E-state index in [0.29, 0.717) is 28.5 Å². The molecule has 0 aliphatic carbocycles. The number of halogens is 1. The van der Waals surface area contributed by atoms with Crippen LogP contribution in [0.2, 0.25) is 5.02 Å². The highest BCUT2D eigenvalue weighted by atomic mass is 35.5. The highest BCUT2D eigenvalue weighted by Gasteiger charge is 2.09. The fourth-order valence-corrected chi connectivity index (χ4v) is 2.22. The Morgan fingerprint density at radius 3 is 2.41 bits per heavy atom. The molecule has 6 heteroatoms. The Kier molecular flexibility index (Phi) is 5.08. The van der Waals surface area contributed by atoms with Gasteiger partial charge in [-0.3, -0.25) is 0 Å². The maximum Gasteiger partial charge on any atom is 0.143 e. The predicted octanol–water partition coefficient (Wildman–Crippen LogP) is 4.32. The molecule has 2 N–H and O–H groups in total. The SMILES string of the molecule is COc1cc(Cl)c(C)cc1Nc1cc(NC(C)C)nc(C)n1. The van der Waals surface area contributed by atoms with Gasteiger partial charge >= 0.3 is 0 Å². The third-order valence-electron chi connectivity index (χ3n) is 3.02. The van der Waals surface area contributed by atoms with Crippen LogP contribution in [0.1, 0.15) is 25.2 Å². The van der Waals surface area contributed by atoms with E-state index in [1.807, 2.05) is 26.0 Å². The van der Waals surface area contributed by atoms with Gasteiger partial charge in [0, 0.05) is 23.2 Å². The average molecular weight is 321 g/mol. The summed E-state index contributed by atoms with van der Waals surface area (Å²) in [5, 5.41) is 7.22. The molecule has 2 aromatic rings. The van der Waals surface area contributed by atoms with E-state index >= 15 is 0 Å². The Balaban J connectivity index is 2.34. The number of rotatable bonds is 5. The van der Waals surface area contributed by atoms with E-state index < -0.39 is 0 Å². The molecule has 0 saturated carbocycles. The number of hydrogen-bond donors (Lipinski definition) is 2. The third-order valence-corrected chi connectivity index (χ3v) is 3.43. The van der Waals surface area contributed by atoms with E-state index in [1.54, 1.807) is 13.2 Å². The highest BCUT2D eigenvalue weighted by molar-refractivity contribution is 6.31. The van der Waals surface area contributed by atoms with Gasteiger partial charge in [0.25, 0.3) is 0 Å². The van der Waals surface area contributed by atoms with E-state index in [9.17, 15) is 0 Å². The second-order valence-electron chi connectivity index (χ2n) is 5.41. The van der Waals surface area contributed by atoms with E-state index in [-0.39, 0.29) is 0 Å². The van der Waals surface area contributed by atoms with Crippen molar-refractivity contribution in [2.45, 2.75) is 33.7 Å². The lowest BCUT2D eigenvalue weighted by Gasteiger charge is -2.15. The van der Waals surface area contributed by atoms with Crippen molar-refractivity contribution < 1.29 is 4.74 Å². The van der Waals surface area contributed by atoms with Crippen LogP contribution in [-0.4, -0.2) is 23.1 Å². The molecule has 1 aromatic heterocycles. The second-order valence-corrected chi connectivity index (χ2v) is 5.82. The van der Waals surface area contributed by atoms with Gasteiger partial charge in [0.1, 0.15) is 23.2 Å². The molecule has 0 saturated heterocycles. The highest BCUT2D eigenvalue weighted by Crippen LogP contribution is 2.33. The number of ether oxygens (including phenoxy) is 1. The van der Waals surface area contributed by atoms with Crippen molar-refractivity contribution in [2.24, 2.45) is 0 Å². The first-order chi connectivity index (χ1) is 10.4. The first-order valence-corrected chi connectivity index (χ1v) is 7.50. The van der Waals surface area contributed by atoms with Crippen molar-refractivity contribution in [2.75, 3.05) is 17.7 Å². The van der Waals surface area contributed by atoms with Gasteiger partial charge in [-0.05, 0) is 39.3 Å². The molecule has 118 valence electrons. The summed E-state index contributed by atoms with van der Waals surface area (Å²) in [6.45, 7) is 7.94. The zero-order chi connectivity index (χ0) is 16.3. The summed E-state index contributed by atoms with van der Waals surface area (Å²) in [7, 11) is 1.61. The minimum absolute atomic E-state index is 0.300. The maximum atomic E-state index is 6.13. The van der Waals surface area contributed by atoms with Gasteiger partial charge in [0.15, 0.2) is 0 Å². The number of nitrogens with one attached hydrogen (secondary N) is 2. The van der Waals surface area contributed by atoms with E-state index in [1.165, 1.54) is 0 Å². The van der Waals surface area contributed by atoms with Crippen LogP contribution >= 0.6 is 11.6 Å². The van der Waals surface area contributed by atoms with Crippen LogP contribution in [0.15, 0.2) is 18.2 Å². The Hall–Kier alpha value is -2.01. The molecule has 22 heavy (non-hydrogen) atoms. The fourth-order valence-electron chi connectivity index (χ4n) is 2.07. The minimum atomic E-state index is 0.300. The molecule has 0 amide bonds. The van der Waals surface area contributed by atoms with E-state index in [2.05, 4.69) is 34.4 Å². The summed E-state index contributed by atoms with van der Waals surface area (Å²) in [5.41, 5.74) is 1.79. The molecule has 1 heterocycles. The molecule has 2 rings (SSSR count).